The van der Waals surface area contributed by atoms with Crippen molar-refractivity contribution in [2.24, 2.45) is 0 Å². The Morgan fingerprint density at radius 1 is 1.20 bits per heavy atom. The van der Waals surface area contributed by atoms with E-state index in [2.05, 4.69) is 21.2 Å². The molecular weight excluding hydrogens is 325 g/mol. The van der Waals surface area contributed by atoms with E-state index in [0.717, 1.165) is 16.6 Å². The Kier molecular flexibility index (Phi) is 8.30. The maximum absolute atomic E-state index is 13.4. The Morgan fingerprint density at radius 3 is 2.40 bits per heavy atom. The zero-order valence-electron chi connectivity index (χ0n) is 12.3. The highest BCUT2D eigenvalue weighted by molar-refractivity contribution is 9.10. The molecule has 1 atom stereocenters. The predicted molar refractivity (Wildman–Crippen MR) is 82.3 cm³/mol. The van der Waals surface area contributed by atoms with E-state index in [1.165, 1.54) is 6.07 Å². The van der Waals surface area contributed by atoms with Crippen molar-refractivity contribution in [3.8, 4) is 0 Å². The minimum atomic E-state index is -0.333. The Bertz CT molecular complexity index is 397. The number of likely N-dealkylation sites (N-methyl/N-ethyl adjacent to an activating group) is 1. The van der Waals surface area contributed by atoms with Crippen molar-refractivity contribution in [3.63, 3.8) is 0 Å². The molecule has 3 nitrogen and oxygen atoms in total. The SMILES string of the molecule is CCNC(Cc1cc(F)ccc1Br)C(OCC)OCC. The van der Waals surface area contributed by atoms with Gasteiger partial charge in [0.25, 0.3) is 0 Å². The quantitative estimate of drug-likeness (QED) is 0.693. The van der Waals surface area contributed by atoms with Gasteiger partial charge in [-0.2, -0.15) is 0 Å². The van der Waals surface area contributed by atoms with Crippen LogP contribution in [0.3, 0.4) is 0 Å². The minimum absolute atomic E-state index is 0.0157. The molecule has 0 aliphatic heterocycles. The maximum Gasteiger partial charge on any atom is 0.172 e. The average molecular weight is 348 g/mol. The zero-order chi connectivity index (χ0) is 15.0. The van der Waals surface area contributed by atoms with Crippen LogP contribution in [0.1, 0.15) is 26.3 Å². The van der Waals surface area contributed by atoms with Gasteiger partial charge in [0, 0.05) is 17.7 Å². The standard InChI is InChI=1S/C15H23BrFNO2/c1-4-18-14(15(19-5-2)20-6-3)10-11-9-12(17)7-8-13(11)16/h7-9,14-15,18H,4-6,10H2,1-3H3. The van der Waals surface area contributed by atoms with Crippen LogP contribution in [-0.2, 0) is 15.9 Å². The van der Waals surface area contributed by atoms with Gasteiger partial charge in [-0.1, -0.05) is 22.9 Å². The van der Waals surface area contributed by atoms with E-state index < -0.39 is 0 Å². The van der Waals surface area contributed by atoms with Crippen molar-refractivity contribution in [1.82, 2.24) is 5.32 Å². The lowest BCUT2D eigenvalue weighted by Gasteiger charge is -2.27. The van der Waals surface area contributed by atoms with Crippen molar-refractivity contribution < 1.29 is 13.9 Å². The molecule has 20 heavy (non-hydrogen) atoms. The van der Waals surface area contributed by atoms with Gasteiger partial charge in [0.2, 0.25) is 0 Å². The van der Waals surface area contributed by atoms with E-state index in [-0.39, 0.29) is 18.1 Å². The Labute approximate surface area is 129 Å². The van der Waals surface area contributed by atoms with Gasteiger partial charge in [0.05, 0.1) is 6.04 Å². The zero-order valence-corrected chi connectivity index (χ0v) is 13.9. The highest BCUT2D eigenvalue weighted by Gasteiger charge is 2.22. The van der Waals surface area contributed by atoms with Gasteiger partial charge in [0.15, 0.2) is 6.29 Å². The minimum Gasteiger partial charge on any atom is -0.351 e. The number of rotatable bonds is 9. The summed E-state index contributed by atoms with van der Waals surface area (Å²) >= 11 is 3.46. The monoisotopic (exact) mass is 347 g/mol. The fourth-order valence-electron chi connectivity index (χ4n) is 2.07. The van der Waals surface area contributed by atoms with Gasteiger partial charge in [-0.05, 0) is 50.6 Å². The third kappa shape index (κ3) is 5.48. The molecule has 0 saturated carbocycles. The molecule has 0 aliphatic rings. The highest BCUT2D eigenvalue weighted by Crippen LogP contribution is 2.21. The maximum atomic E-state index is 13.4. The molecule has 0 amide bonds. The number of benzene rings is 1. The Morgan fingerprint density at radius 2 is 1.85 bits per heavy atom. The molecule has 0 aromatic heterocycles. The second-order valence-corrected chi connectivity index (χ2v) is 5.24. The van der Waals surface area contributed by atoms with Crippen LogP contribution in [0.15, 0.2) is 22.7 Å². The van der Waals surface area contributed by atoms with E-state index in [1.54, 1.807) is 12.1 Å². The lowest BCUT2D eigenvalue weighted by Crippen LogP contribution is -2.44. The second kappa shape index (κ2) is 9.45. The predicted octanol–water partition coefficient (Wildman–Crippen LogP) is 3.51. The molecule has 1 aromatic carbocycles. The summed E-state index contributed by atoms with van der Waals surface area (Å²) in [7, 11) is 0. The summed E-state index contributed by atoms with van der Waals surface area (Å²) in [5.41, 5.74) is 0.903. The molecule has 0 bridgehead atoms. The van der Waals surface area contributed by atoms with Gasteiger partial charge >= 0.3 is 0 Å². The van der Waals surface area contributed by atoms with Gasteiger partial charge in [-0.15, -0.1) is 0 Å². The number of halogens is 2. The molecule has 0 heterocycles. The topological polar surface area (TPSA) is 30.5 Å². The van der Waals surface area contributed by atoms with Gasteiger partial charge in [-0.3, -0.25) is 0 Å². The van der Waals surface area contributed by atoms with Crippen molar-refractivity contribution in [3.05, 3.63) is 34.1 Å². The van der Waals surface area contributed by atoms with Crippen LogP contribution in [0.25, 0.3) is 0 Å². The average Bonchev–Trinajstić information content (AvgIpc) is 2.42. The molecule has 5 heteroatoms. The van der Waals surface area contributed by atoms with E-state index in [4.69, 9.17) is 9.47 Å². The summed E-state index contributed by atoms with van der Waals surface area (Å²) in [6.45, 7) is 7.87. The molecule has 1 rings (SSSR count). The highest BCUT2D eigenvalue weighted by atomic mass is 79.9. The molecule has 1 N–H and O–H groups in total. The molecule has 1 unspecified atom stereocenters. The third-order valence-corrected chi connectivity index (χ3v) is 3.68. The molecule has 114 valence electrons. The van der Waals surface area contributed by atoms with Crippen LogP contribution in [-0.4, -0.2) is 32.1 Å². The lowest BCUT2D eigenvalue weighted by molar-refractivity contribution is -0.153. The summed E-state index contributed by atoms with van der Waals surface area (Å²) in [6, 6.07) is 4.70. The summed E-state index contributed by atoms with van der Waals surface area (Å²) in [5.74, 6) is -0.234. The first kappa shape index (κ1) is 17.6. The van der Waals surface area contributed by atoms with Crippen molar-refractivity contribution in [2.75, 3.05) is 19.8 Å². The fourth-order valence-corrected chi connectivity index (χ4v) is 2.48. The van der Waals surface area contributed by atoms with Crippen LogP contribution in [0.2, 0.25) is 0 Å². The first-order chi connectivity index (χ1) is 9.62. The van der Waals surface area contributed by atoms with E-state index >= 15 is 0 Å². The molecular formula is C15H23BrFNO2. The number of ether oxygens (including phenoxy) is 2. The normalized spacial score (nSPS) is 12.9. The van der Waals surface area contributed by atoms with E-state index in [1.807, 2.05) is 20.8 Å². The number of hydrogen-bond acceptors (Lipinski definition) is 3. The molecule has 0 spiro atoms. The summed E-state index contributed by atoms with van der Waals surface area (Å²) in [6.07, 6.45) is 0.303. The van der Waals surface area contributed by atoms with Crippen LogP contribution >= 0.6 is 15.9 Å². The third-order valence-electron chi connectivity index (χ3n) is 2.90. The van der Waals surface area contributed by atoms with Crippen LogP contribution < -0.4 is 5.32 Å². The summed E-state index contributed by atoms with van der Waals surface area (Å²) in [4.78, 5) is 0. The Hall–Kier alpha value is -0.490. The van der Waals surface area contributed by atoms with Crippen molar-refractivity contribution >= 4 is 15.9 Å². The molecule has 0 fully saturated rings. The first-order valence-electron chi connectivity index (χ1n) is 7.02. The summed E-state index contributed by atoms with van der Waals surface area (Å²) < 4.78 is 25.6. The van der Waals surface area contributed by atoms with E-state index in [0.29, 0.717) is 19.6 Å². The van der Waals surface area contributed by atoms with Crippen LogP contribution in [0.4, 0.5) is 4.39 Å². The molecule has 0 radical (unpaired) electrons. The molecule has 0 saturated heterocycles. The van der Waals surface area contributed by atoms with Crippen LogP contribution in [0, 0.1) is 5.82 Å². The Balaban J connectivity index is 2.86. The first-order valence-corrected chi connectivity index (χ1v) is 7.82. The van der Waals surface area contributed by atoms with Crippen molar-refractivity contribution in [1.29, 1.82) is 0 Å². The fraction of sp³-hybridized carbons (Fsp3) is 0.600. The van der Waals surface area contributed by atoms with Gasteiger partial charge in [-0.25, -0.2) is 4.39 Å². The van der Waals surface area contributed by atoms with Crippen molar-refractivity contribution in [2.45, 2.75) is 39.5 Å². The largest absolute Gasteiger partial charge is 0.351 e. The van der Waals surface area contributed by atoms with Crippen LogP contribution in [0.5, 0.6) is 0 Å². The summed E-state index contributed by atoms with van der Waals surface area (Å²) in [5, 5.41) is 3.35. The van der Waals surface area contributed by atoms with Gasteiger partial charge < -0.3 is 14.8 Å². The number of hydrogen-bond donors (Lipinski definition) is 1. The smallest absolute Gasteiger partial charge is 0.172 e. The van der Waals surface area contributed by atoms with Gasteiger partial charge in [0.1, 0.15) is 5.82 Å². The second-order valence-electron chi connectivity index (χ2n) is 4.38. The number of nitrogens with one attached hydrogen (secondary N) is 1. The molecule has 1 aromatic rings. The lowest BCUT2D eigenvalue weighted by atomic mass is 10.1. The molecule has 0 aliphatic carbocycles. The van der Waals surface area contributed by atoms with E-state index in [9.17, 15) is 4.39 Å².